The number of likely N-dealkylation sites (N-methyl/N-ethyl adjacent to an activating group) is 1. The van der Waals surface area contributed by atoms with Gasteiger partial charge in [-0.1, -0.05) is 43.5 Å². The highest BCUT2D eigenvalue weighted by Gasteiger charge is 2.77. The minimum Gasteiger partial charge on any atom is -0.496 e. The van der Waals surface area contributed by atoms with Gasteiger partial charge in [0.1, 0.15) is 11.2 Å². The summed E-state index contributed by atoms with van der Waals surface area (Å²) in [4.78, 5) is 32.9. The van der Waals surface area contributed by atoms with Crippen molar-refractivity contribution >= 4 is 38.5 Å². The number of nitrogens with zero attached hydrogens (tertiary/aromatic N) is 4. The molecule has 2 saturated carbocycles. The molecule has 4 unspecified atom stereocenters. The molecule has 3 aliphatic carbocycles. The van der Waals surface area contributed by atoms with Crippen molar-refractivity contribution in [3.05, 3.63) is 59.2 Å². The van der Waals surface area contributed by atoms with Gasteiger partial charge in [0.25, 0.3) is 5.91 Å². The van der Waals surface area contributed by atoms with Crippen LogP contribution < -0.4 is 9.46 Å². The molecule has 1 aromatic heterocycles. The maximum atomic E-state index is 14.9. The SMILES string of the molecule is COc1cccc2c1C1=CC1(C(=O)N1C3CCC34C1CN4C)Cn1c-2c(C2CCCCC2)c2ccc(C(=O)NS(=O)(=O)N(C)C)cc21. The molecule has 0 bridgehead atoms. The number of carbonyl (C=O) groups excluding carboxylic acids is 2. The second-order valence-electron chi connectivity index (χ2n) is 14.7. The van der Waals surface area contributed by atoms with Crippen LogP contribution in [0.25, 0.3) is 27.7 Å². The summed E-state index contributed by atoms with van der Waals surface area (Å²) in [5.74, 6) is 0.582. The first kappa shape index (κ1) is 29.5. The predicted molar refractivity (Wildman–Crippen MR) is 179 cm³/mol. The lowest BCUT2D eigenvalue weighted by Gasteiger charge is -2.80. The number of nitrogens with one attached hydrogen (secondary N) is 1. The molecule has 3 aliphatic heterocycles. The number of rotatable bonds is 6. The summed E-state index contributed by atoms with van der Waals surface area (Å²) >= 11 is 0. The number of piperidine rings is 1. The number of piperazine rings is 1. The van der Waals surface area contributed by atoms with E-state index in [1.54, 1.807) is 13.2 Å². The zero-order valence-electron chi connectivity index (χ0n) is 27.4. The standard InChI is InChI=1S/C36H41N5O5S/c1-38(2)47(44,45)37-33(42)22-13-14-23-26(17-22)40-20-35(34(43)41-28-15-16-36(28)29(41)19-39(36)3)18-25(35)31-24(11-8-12-27(31)46-4)32(40)30(23)21-9-6-5-7-10-21/h8,11-14,17-18,21,28-29H,5-7,9-10,15-16,19-20H2,1-4H3,(H,37,42). The number of ether oxygens (including phenoxy) is 1. The minimum atomic E-state index is -3.97. The molecule has 6 aliphatic rings. The maximum Gasteiger partial charge on any atom is 0.303 e. The fraction of sp³-hybridized carbons (Fsp3) is 0.500. The highest BCUT2D eigenvalue weighted by atomic mass is 32.2. The van der Waals surface area contributed by atoms with Gasteiger partial charge in [0.15, 0.2) is 0 Å². The number of hydrogen-bond donors (Lipinski definition) is 1. The zero-order valence-corrected chi connectivity index (χ0v) is 28.2. The Morgan fingerprint density at radius 2 is 1.83 bits per heavy atom. The van der Waals surface area contributed by atoms with Crippen molar-refractivity contribution in [2.45, 2.75) is 75.0 Å². The van der Waals surface area contributed by atoms with Crippen LogP contribution in [0.1, 0.15) is 72.3 Å². The molecule has 0 radical (unpaired) electrons. The van der Waals surface area contributed by atoms with Gasteiger partial charge < -0.3 is 14.2 Å². The molecule has 2 saturated heterocycles. The lowest BCUT2D eigenvalue weighted by Crippen LogP contribution is -2.96. The number of amides is 2. The summed E-state index contributed by atoms with van der Waals surface area (Å²) in [5, 5.41) is 1.06. The Balaban J connectivity index is 1.23. The van der Waals surface area contributed by atoms with Crippen LogP contribution in [0.2, 0.25) is 0 Å². The molecule has 4 fully saturated rings. The van der Waals surface area contributed by atoms with Gasteiger partial charge in [0.2, 0.25) is 5.91 Å². The van der Waals surface area contributed by atoms with Crippen molar-refractivity contribution in [2.24, 2.45) is 5.41 Å². The van der Waals surface area contributed by atoms with Crippen molar-refractivity contribution in [1.29, 1.82) is 0 Å². The highest BCUT2D eigenvalue weighted by molar-refractivity contribution is 7.87. The number of aromatic nitrogens is 1. The average molecular weight is 656 g/mol. The van der Waals surface area contributed by atoms with E-state index in [4.69, 9.17) is 4.74 Å². The van der Waals surface area contributed by atoms with Crippen LogP contribution in [-0.4, -0.2) is 91.3 Å². The van der Waals surface area contributed by atoms with Gasteiger partial charge in [0.05, 0.1) is 30.4 Å². The normalized spacial score (nSPS) is 29.1. The molecule has 3 aromatic rings. The first-order valence-corrected chi connectivity index (χ1v) is 18.3. The van der Waals surface area contributed by atoms with Gasteiger partial charge in [-0.25, -0.2) is 4.72 Å². The molecule has 246 valence electrons. The minimum absolute atomic E-state index is 0.163. The van der Waals surface area contributed by atoms with Crippen molar-refractivity contribution in [1.82, 2.24) is 23.4 Å². The molecule has 1 spiro atoms. The molecule has 2 aromatic carbocycles. The Morgan fingerprint density at radius 3 is 2.49 bits per heavy atom. The largest absolute Gasteiger partial charge is 0.496 e. The Hall–Kier alpha value is -3.67. The molecule has 4 heterocycles. The lowest BCUT2D eigenvalue weighted by atomic mass is 9.52. The number of methoxy groups -OCH3 is 1. The summed E-state index contributed by atoms with van der Waals surface area (Å²) in [5.41, 5.74) is 5.87. The van der Waals surface area contributed by atoms with Gasteiger partial charge >= 0.3 is 10.2 Å². The summed E-state index contributed by atoms with van der Waals surface area (Å²) in [6.45, 7) is 1.34. The Bertz CT molecular complexity index is 2040. The van der Waals surface area contributed by atoms with E-state index in [-0.39, 0.29) is 29.1 Å². The summed E-state index contributed by atoms with van der Waals surface area (Å²) in [7, 11) is 2.67. The quantitative estimate of drug-likeness (QED) is 0.424. The number of benzene rings is 2. The number of hydrogen-bond acceptors (Lipinski definition) is 6. The van der Waals surface area contributed by atoms with Crippen molar-refractivity contribution in [2.75, 3.05) is 34.8 Å². The van der Waals surface area contributed by atoms with Gasteiger partial charge in [-0.05, 0) is 68.0 Å². The third-order valence-electron chi connectivity index (χ3n) is 12.5. The first-order chi connectivity index (χ1) is 22.5. The molecule has 4 atom stereocenters. The first-order valence-electron chi connectivity index (χ1n) is 16.9. The molecule has 2 amide bonds. The van der Waals surface area contributed by atoms with E-state index in [1.807, 2.05) is 24.3 Å². The Kier molecular flexibility index (Phi) is 6.08. The topological polar surface area (TPSA) is 104 Å². The van der Waals surface area contributed by atoms with E-state index in [1.165, 1.54) is 26.1 Å². The number of carbonyl (C=O) groups is 2. The zero-order chi connectivity index (χ0) is 32.6. The monoisotopic (exact) mass is 655 g/mol. The molecule has 9 rings (SSSR count). The van der Waals surface area contributed by atoms with Crippen LogP contribution in [0.3, 0.4) is 0 Å². The molecule has 1 N–H and O–H groups in total. The third-order valence-corrected chi connectivity index (χ3v) is 13.9. The van der Waals surface area contributed by atoms with E-state index >= 15 is 0 Å². The van der Waals surface area contributed by atoms with E-state index in [0.29, 0.717) is 12.5 Å². The summed E-state index contributed by atoms with van der Waals surface area (Å²) in [6, 6.07) is 12.2. The van der Waals surface area contributed by atoms with E-state index in [0.717, 1.165) is 88.4 Å². The Morgan fingerprint density at radius 1 is 1.04 bits per heavy atom. The van der Waals surface area contributed by atoms with Crippen LogP contribution in [-0.2, 0) is 21.5 Å². The number of fused-ring (bicyclic) bond motifs is 7. The average Bonchev–Trinajstić information content (AvgIpc) is 3.70. The molecular formula is C36H41N5O5S. The molecule has 11 heteroatoms. The molecule has 47 heavy (non-hydrogen) atoms. The van der Waals surface area contributed by atoms with Crippen LogP contribution in [0.4, 0.5) is 0 Å². The maximum absolute atomic E-state index is 14.9. The van der Waals surface area contributed by atoms with Crippen LogP contribution in [0, 0.1) is 5.41 Å². The van der Waals surface area contributed by atoms with Crippen LogP contribution in [0.5, 0.6) is 5.75 Å². The second-order valence-corrected chi connectivity index (χ2v) is 16.6. The van der Waals surface area contributed by atoms with Gasteiger partial charge in [-0.15, -0.1) is 0 Å². The fourth-order valence-corrected chi connectivity index (χ4v) is 10.4. The second kappa shape index (κ2) is 9.70. The van der Waals surface area contributed by atoms with E-state index in [2.05, 4.69) is 38.3 Å². The van der Waals surface area contributed by atoms with Crippen LogP contribution >= 0.6 is 0 Å². The summed E-state index contributed by atoms with van der Waals surface area (Å²) < 4.78 is 36.6. The van der Waals surface area contributed by atoms with Crippen molar-refractivity contribution in [3.63, 3.8) is 0 Å². The van der Waals surface area contributed by atoms with Gasteiger partial charge in [-0.3, -0.25) is 14.5 Å². The van der Waals surface area contributed by atoms with Crippen molar-refractivity contribution in [3.8, 4) is 17.0 Å². The van der Waals surface area contributed by atoms with Gasteiger partial charge in [-0.2, -0.15) is 12.7 Å². The lowest BCUT2D eigenvalue weighted by molar-refractivity contribution is -0.277. The van der Waals surface area contributed by atoms with Crippen LogP contribution in [0.15, 0.2) is 42.5 Å². The number of likely N-dealkylation sites (tertiary alicyclic amines) is 2. The van der Waals surface area contributed by atoms with E-state index < -0.39 is 21.5 Å². The van der Waals surface area contributed by atoms with E-state index in [9.17, 15) is 18.0 Å². The molecule has 10 nitrogen and oxygen atoms in total. The predicted octanol–water partition coefficient (Wildman–Crippen LogP) is 4.36. The third kappa shape index (κ3) is 3.70. The van der Waals surface area contributed by atoms with Gasteiger partial charge in [0, 0.05) is 54.8 Å². The van der Waals surface area contributed by atoms with Crippen molar-refractivity contribution < 1.29 is 22.7 Å². The highest BCUT2D eigenvalue weighted by Crippen LogP contribution is 2.66. The summed E-state index contributed by atoms with van der Waals surface area (Å²) in [6.07, 6.45) is 10.0. The fourth-order valence-electron chi connectivity index (χ4n) is 9.84. The molecular weight excluding hydrogens is 614 g/mol. The smallest absolute Gasteiger partial charge is 0.303 e. The Labute approximate surface area is 275 Å².